The molecule has 460 valence electrons. The number of aryl methyl sites for hydroxylation is 4. The SMILES string of the molecule is Cn1c(-c2ccccc2)c(-c2ccccc2)c2ccccc21.Cn1c(-c2ccccc2)cnc1-c1ccccc1.Cn1c(-c2ccccc2)nc2ccccc21.Cn1c2ccccc2c2cc(-c3ccc4c(c3)-c3ccccc3C4)ccc21.Cn1ccnc1-c1ccccc1. The van der Waals surface area contributed by atoms with Crippen LogP contribution < -0.4 is 0 Å². The summed E-state index contributed by atoms with van der Waals surface area (Å²) in [6.07, 6.45) is 6.73. The van der Waals surface area contributed by atoms with Crippen molar-refractivity contribution in [3.63, 3.8) is 0 Å². The summed E-state index contributed by atoms with van der Waals surface area (Å²) in [5.41, 5.74) is 25.1. The molecule has 8 heteroatoms. The number of benzene rings is 12. The minimum Gasteiger partial charge on any atom is -0.344 e. The summed E-state index contributed by atoms with van der Waals surface area (Å²) < 4.78 is 10.9. The second kappa shape index (κ2) is 27.4. The number of nitrogens with zero attached hydrogens (tertiary/aromatic N) is 8. The third kappa shape index (κ3) is 12.4. The van der Waals surface area contributed by atoms with Crippen LogP contribution in [0.1, 0.15) is 11.1 Å². The fourth-order valence-corrected chi connectivity index (χ4v) is 13.2. The van der Waals surface area contributed by atoms with Crippen molar-refractivity contribution in [3.05, 3.63) is 345 Å². The molecule has 1 aliphatic carbocycles. The maximum absolute atomic E-state index is 4.65. The van der Waals surface area contributed by atoms with Gasteiger partial charge in [0.15, 0.2) is 0 Å². The summed E-state index contributed by atoms with van der Waals surface area (Å²) >= 11 is 0. The van der Waals surface area contributed by atoms with Gasteiger partial charge >= 0.3 is 0 Å². The maximum atomic E-state index is 4.65. The molecule has 5 aromatic heterocycles. The number of imidazole rings is 3. The van der Waals surface area contributed by atoms with E-state index in [0.717, 1.165) is 51.8 Å². The van der Waals surface area contributed by atoms with E-state index in [2.05, 4.69) is 286 Å². The van der Waals surface area contributed by atoms with Crippen molar-refractivity contribution in [2.24, 2.45) is 35.2 Å². The van der Waals surface area contributed by atoms with Gasteiger partial charge in [0.2, 0.25) is 0 Å². The first-order valence-corrected chi connectivity index (χ1v) is 32.2. The maximum Gasteiger partial charge on any atom is 0.140 e. The van der Waals surface area contributed by atoms with Crippen LogP contribution in [-0.4, -0.2) is 37.8 Å². The lowest BCUT2D eigenvalue weighted by Crippen LogP contribution is -1.94. The van der Waals surface area contributed by atoms with Gasteiger partial charge in [0.1, 0.15) is 17.5 Å². The van der Waals surface area contributed by atoms with Gasteiger partial charge in [0, 0.05) is 103 Å². The molecule has 5 heterocycles. The summed E-state index contributed by atoms with van der Waals surface area (Å²) in [5.74, 6) is 3.02. The predicted octanol–water partition coefficient (Wildman–Crippen LogP) is 21.2. The normalized spacial score (nSPS) is 11.2. The Labute approximate surface area is 555 Å². The Morgan fingerprint density at radius 2 is 0.768 bits per heavy atom. The molecule has 18 rings (SSSR count). The van der Waals surface area contributed by atoms with Gasteiger partial charge in [-0.05, 0) is 99.0 Å². The second-order valence-corrected chi connectivity index (χ2v) is 23.9. The van der Waals surface area contributed by atoms with E-state index in [9.17, 15) is 0 Å². The van der Waals surface area contributed by atoms with E-state index >= 15 is 0 Å². The Morgan fingerprint density at radius 1 is 0.295 bits per heavy atom. The Balaban J connectivity index is 0.000000105. The number of rotatable bonds is 7. The lowest BCUT2D eigenvalue weighted by Gasteiger charge is -2.08. The monoisotopic (exact) mass is 1230 g/mol. The van der Waals surface area contributed by atoms with Crippen molar-refractivity contribution in [2.45, 2.75) is 6.42 Å². The molecule has 0 unspecified atom stereocenters. The Hall–Kier alpha value is -12.1. The zero-order chi connectivity index (χ0) is 64.6. The molecule has 1 aliphatic rings. The summed E-state index contributed by atoms with van der Waals surface area (Å²) in [5, 5.41) is 3.95. The van der Waals surface area contributed by atoms with E-state index in [0.29, 0.717) is 0 Å². The molecular formula is C87H72N8. The van der Waals surface area contributed by atoms with Crippen LogP contribution in [0, 0.1) is 0 Å². The fourth-order valence-electron chi connectivity index (χ4n) is 13.2. The van der Waals surface area contributed by atoms with Crippen LogP contribution in [0.25, 0.3) is 134 Å². The Bertz CT molecular complexity index is 5370. The zero-order valence-electron chi connectivity index (χ0n) is 54.0. The molecule has 95 heavy (non-hydrogen) atoms. The first-order valence-electron chi connectivity index (χ1n) is 32.2. The van der Waals surface area contributed by atoms with Gasteiger partial charge in [-0.2, -0.15) is 0 Å². The third-order valence-corrected chi connectivity index (χ3v) is 18.0. The average molecular weight is 1230 g/mol. The highest BCUT2D eigenvalue weighted by Gasteiger charge is 2.20. The summed E-state index contributed by atoms with van der Waals surface area (Å²) in [4.78, 5) is 13.4. The molecule has 12 aromatic carbocycles. The van der Waals surface area contributed by atoms with Crippen molar-refractivity contribution >= 4 is 43.7 Å². The van der Waals surface area contributed by atoms with Crippen molar-refractivity contribution in [1.29, 1.82) is 0 Å². The molecular weight excluding hydrogens is 1160 g/mol. The van der Waals surface area contributed by atoms with Gasteiger partial charge in [-0.1, -0.05) is 273 Å². The van der Waals surface area contributed by atoms with Crippen LogP contribution in [0.4, 0.5) is 0 Å². The number of hydrogen-bond donors (Lipinski definition) is 0. The first kappa shape index (κ1) is 60.4. The smallest absolute Gasteiger partial charge is 0.140 e. The van der Waals surface area contributed by atoms with Gasteiger partial charge in [-0.3, -0.25) is 0 Å². The number of para-hydroxylation sites is 4. The molecule has 0 saturated carbocycles. The van der Waals surface area contributed by atoms with Crippen molar-refractivity contribution in [1.82, 2.24) is 37.8 Å². The van der Waals surface area contributed by atoms with Gasteiger partial charge in [0.05, 0.1) is 28.6 Å². The molecule has 0 saturated heterocycles. The van der Waals surface area contributed by atoms with Crippen LogP contribution in [0.3, 0.4) is 0 Å². The molecule has 0 atom stereocenters. The summed E-state index contributed by atoms with van der Waals surface area (Å²) in [6, 6.07) is 110. The zero-order valence-corrected chi connectivity index (χ0v) is 54.0. The lowest BCUT2D eigenvalue weighted by atomic mass is 9.97. The van der Waals surface area contributed by atoms with E-state index in [4.69, 9.17) is 0 Å². The van der Waals surface area contributed by atoms with E-state index in [1.165, 1.54) is 99.6 Å². The molecule has 0 fully saturated rings. The molecule has 17 aromatic rings. The number of hydrogen-bond acceptors (Lipinski definition) is 3. The largest absolute Gasteiger partial charge is 0.344 e. The average Bonchev–Trinajstić information content (AvgIpc) is 1.63. The molecule has 0 N–H and O–H groups in total. The van der Waals surface area contributed by atoms with Crippen molar-refractivity contribution in [3.8, 4) is 90.1 Å². The molecule has 0 bridgehead atoms. The lowest BCUT2D eigenvalue weighted by molar-refractivity contribution is 0.925. The molecule has 0 aliphatic heterocycles. The number of aromatic nitrogens is 8. The highest BCUT2D eigenvalue weighted by molar-refractivity contribution is 6.09. The molecule has 8 nitrogen and oxygen atoms in total. The van der Waals surface area contributed by atoms with Gasteiger partial charge < -0.3 is 22.8 Å². The molecule has 0 amide bonds. The van der Waals surface area contributed by atoms with E-state index in [-0.39, 0.29) is 0 Å². The Kier molecular flexibility index (Phi) is 17.4. The fraction of sp³-hybridized carbons (Fsp3) is 0.0690. The third-order valence-electron chi connectivity index (χ3n) is 18.0. The Morgan fingerprint density at radius 3 is 1.39 bits per heavy atom. The van der Waals surface area contributed by atoms with E-state index in [1.54, 1.807) is 0 Å². The van der Waals surface area contributed by atoms with Gasteiger partial charge in [0.25, 0.3) is 0 Å². The molecule has 0 radical (unpaired) electrons. The van der Waals surface area contributed by atoms with Crippen LogP contribution in [0.15, 0.2) is 334 Å². The summed E-state index contributed by atoms with van der Waals surface area (Å²) in [7, 11) is 10.4. The van der Waals surface area contributed by atoms with Crippen molar-refractivity contribution < 1.29 is 0 Å². The quantitative estimate of drug-likeness (QED) is 0.160. The highest BCUT2D eigenvalue weighted by Crippen LogP contribution is 2.42. The second-order valence-electron chi connectivity index (χ2n) is 23.9. The van der Waals surface area contributed by atoms with E-state index < -0.39 is 0 Å². The highest BCUT2D eigenvalue weighted by atomic mass is 15.1. The topological polar surface area (TPSA) is 63.3 Å². The van der Waals surface area contributed by atoms with Crippen molar-refractivity contribution in [2.75, 3.05) is 0 Å². The van der Waals surface area contributed by atoms with Crippen LogP contribution in [0.2, 0.25) is 0 Å². The first-order chi connectivity index (χ1) is 46.8. The number of fused-ring (bicyclic) bond motifs is 8. The minimum absolute atomic E-state index is 0.995. The van der Waals surface area contributed by atoms with Gasteiger partial charge in [-0.15, -0.1) is 0 Å². The summed E-state index contributed by atoms with van der Waals surface area (Å²) in [6.45, 7) is 0. The van der Waals surface area contributed by atoms with Crippen LogP contribution in [-0.2, 0) is 41.7 Å². The van der Waals surface area contributed by atoms with Crippen LogP contribution >= 0.6 is 0 Å². The standard InChI is InChI=1S/C26H19N.C21H17N.C16H14N2.C14H12N2.C10H10N2/c1-27-25-9-5-4-8-22(25)24-16-18(12-13-26(24)27)17-10-11-20-14-19-6-2-3-7-21(19)23(20)15-17;1-22-19-15-9-8-14-18(19)20(16-10-4-2-5-11-16)21(22)17-12-6-3-7-13-17;1-18-15(13-8-4-2-5-9-13)12-17-16(18)14-10-6-3-7-11-14;1-16-13-10-6-5-9-12(13)15-14(16)11-7-3-2-4-8-11;1-12-8-7-11-10(12)9-5-3-2-4-6-9/h2-13,15-16H,14H2,1H3;2-15H,1H3;2-12H,1H3;2-10H,1H3;2-8H,1H3. The minimum atomic E-state index is 0.995. The van der Waals surface area contributed by atoms with Gasteiger partial charge in [-0.25, -0.2) is 15.0 Å². The molecule has 0 spiro atoms. The van der Waals surface area contributed by atoms with Crippen LogP contribution in [0.5, 0.6) is 0 Å². The predicted molar refractivity (Wildman–Crippen MR) is 397 cm³/mol. The van der Waals surface area contributed by atoms with E-state index in [1.807, 2.05) is 121 Å².